The molecule has 0 aromatic heterocycles. The number of rotatable bonds is 4. The third kappa shape index (κ3) is 4.91. The summed E-state index contributed by atoms with van der Waals surface area (Å²) in [7, 11) is 0. The maximum atomic E-state index is 11.9. The molecule has 0 heterocycles. The lowest BCUT2D eigenvalue weighted by Gasteiger charge is -2.19. The smallest absolute Gasteiger partial charge is 0.338 e. The topological polar surface area (TPSA) is 61.5 Å². The van der Waals surface area contributed by atoms with Crippen LogP contribution < -0.4 is 5.73 Å². The zero-order chi connectivity index (χ0) is 14.6. The summed E-state index contributed by atoms with van der Waals surface area (Å²) in [5.41, 5.74) is 8.53. The van der Waals surface area contributed by atoms with Crippen molar-refractivity contribution in [3.8, 4) is 0 Å². The van der Waals surface area contributed by atoms with Gasteiger partial charge in [0.05, 0.1) is 17.8 Å². The molecule has 0 saturated heterocycles. The van der Waals surface area contributed by atoms with Crippen molar-refractivity contribution in [2.75, 3.05) is 18.9 Å². The van der Waals surface area contributed by atoms with Crippen LogP contribution in [0.25, 0.3) is 0 Å². The number of anilines is 1. The maximum absolute atomic E-state index is 11.9. The second-order valence-electron chi connectivity index (χ2n) is 5.62. The van der Waals surface area contributed by atoms with Crippen molar-refractivity contribution in [1.82, 2.24) is 0 Å². The highest BCUT2D eigenvalue weighted by Gasteiger charge is 2.14. The Hall–Kier alpha value is -1.55. The lowest BCUT2D eigenvalue weighted by Crippen LogP contribution is -2.22. The van der Waals surface area contributed by atoms with Crippen LogP contribution in [0.4, 0.5) is 5.69 Å². The Morgan fingerprint density at radius 3 is 2.37 bits per heavy atom. The van der Waals surface area contributed by atoms with Crippen LogP contribution in [0.1, 0.15) is 42.3 Å². The van der Waals surface area contributed by atoms with E-state index in [0.717, 1.165) is 11.1 Å². The fourth-order valence-electron chi connectivity index (χ4n) is 1.65. The number of aryl methyl sites for hydroxylation is 2. The van der Waals surface area contributed by atoms with Gasteiger partial charge in [-0.15, -0.1) is 0 Å². The van der Waals surface area contributed by atoms with Crippen LogP contribution >= 0.6 is 0 Å². The van der Waals surface area contributed by atoms with Crippen molar-refractivity contribution in [3.05, 3.63) is 28.8 Å². The average molecular weight is 265 g/mol. The molecule has 0 spiro atoms. The van der Waals surface area contributed by atoms with E-state index in [1.165, 1.54) is 0 Å². The van der Waals surface area contributed by atoms with Gasteiger partial charge in [0, 0.05) is 5.69 Å². The molecule has 0 aliphatic heterocycles. The molecule has 0 unspecified atom stereocenters. The zero-order valence-electron chi connectivity index (χ0n) is 12.4. The van der Waals surface area contributed by atoms with Crippen LogP contribution in [-0.2, 0) is 9.47 Å². The largest absolute Gasteiger partial charge is 0.460 e. The summed E-state index contributed by atoms with van der Waals surface area (Å²) in [6, 6.07) is 3.55. The van der Waals surface area contributed by atoms with E-state index in [-0.39, 0.29) is 18.2 Å². The van der Waals surface area contributed by atoms with Gasteiger partial charge in [0.25, 0.3) is 0 Å². The molecule has 106 valence electrons. The van der Waals surface area contributed by atoms with E-state index in [4.69, 9.17) is 15.2 Å². The van der Waals surface area contributed by atoms with Crippen LogP contribution in [0.15, 0.2) is 12.1 Å². The van der Waals surface area contributed by atoms with E-state index in [2.05, 4.69) is 0 Å². The molecule has 1 aromatic carbocycles. The molecular weight excluding hydrogens is 242 g/mol. The molecule has 0 aliphatic carbocycles. The third-order valence-corrected chi connectivity index (χ3v) is 2.68. The van der Waals surface area contributed by atoms with E-state index in [1.807, 2.05) is 40.7 Å². The summed E-state index contributed by atoms with van der Waals surface area (Å²) < 4.78 is 10.7. The SMILES string of the molecule is Cc1cc(C)c(C(=O)OCCOC(C)(C)C)cc1N. The Balaban J connectivity index is 2.57. The number of carbonyl (C=O) groups excluding carboxylic acids is 1. The lowest BCUT2D eigenvalue weighted by atomic mass is 10.0. The van der Waals surface area contributed by atoms with Crippen LogP contribution in [0, 0.1) is 13.8 Å². The molecule has 2 N–H and O–H groups in total. The normalized spacial score (nSPS) is 11.4. The first kappa shape index (κ1) is 15.5. The molecular formula is C15H23NO3. The van der Waals surface area contributed by atoms with Crippen LogP contribution in [0.3, 0.4) is 0 Å². The van der Waals surface area contributed by atoms with Gasteiger partial charge in [-0.3, -0.25) is 0 Å². The van der Waals surface area contributed by atoms with Crippen LogP contribution in [0.2, 0.25) is 0 Å². The number of ether oxygens (including phenoxy) is 2. The fourth-order valence-corrected chi connectivity index (χ4v) is 1.65. The first-order chi connectivity index (χ1) is 8.70. The van der Waals surface area contributed by atoms with Crippen molar-refractivity contribution in [3.63, 3.8) is 0 Å². The highest BCUT2D eigenvalue weighted by Crippen LogP contribution is 2.18. The molecule has 1 rings (SSSR count). The standard InChI is InChI=1S/C15H23NO3/c1-10-8-11(2)13(16)9-12(10)14(17)18-6-7-19-15(3,4)5/h8-9H,6-7,16H2,1-5H3. The molecule has 0 aliphatic rings. The summed E-state index contributed by atoms with van der Waals surface area (Å²) in [4.78, 5) is 11.9. The van der Waals surface area contributed by atoms with E-state index < -0.39 is 0 Å². The number of carbonyl (C=O) groups is 1. The molecule has 0 fully saturated rings. The lowest BCUT2D eigenvalue weighted by molar-refractivity contribution is -0.0281. The molecule has 1 aromatic rings. The van der Waals surface area contributed by atoms with E-state index in [0.29, 0.717) is 17.9 Å². The van der Waals surface area contributed by atoms with Gasteiger partial charge in [-0.2, -0.15) is 0 Å². The minimum Gasteiger partial charge on any atom is -0.460 e. The summed E-state index contributed by atoms with van der Waals surface area (Å²) in [5, 5.41) is 0. The molecule has 4 heteroatoms. The molecule has 19 heavy (non-hydrogen) atoms. The molecule has 0 bridgehead atoms. The van der Waals surface area contributed by atoms with Crippen molar-refractivity contribution in [1.29, 1.82) is 0 Å². The highest BCUT2D eigenvalue weighted by molar-refractivity contribution is 5.92. The summed E-state index contributed by atoms with van der Waals surface area (Å²) in [6.45, 7) is 10.3. The molecule has 0 radical (unpaired) electrons. The van der Waals surface area contributed by atoms with Crippen LogP contribution in [0.5, 0.6) is 0 Å². The van der Waals surface area contributed by atoms with Crippen molar-refractivity contribution >= 4 is 11.7 Å². The van der Waals surface area contributed by atoms with E-state index >= 15 is 0 Å². The van der Waals surface area contributed by atoms with Crippen molar-refractivity contribution in [2.45, 2.75) is 40.2 Å². The Kier molecular flexibility index (Phi) is 4.95. The van der Waals surface area contributed by atoms with Gasteiger partial charge in [-0.25, -0.2) is 4.79 Å². The van der Waals surface area contributed by atoms with Crippen molar-refractivity contribution in [2.24, 2.45) is 0 Å². The van der Waals surface area contributed by atoms with Gasteiger partial charge in [-0.05, 0) is 51.8 Å². The minimum atomic E-state index is -0.360. The first-order valence-electron chi connectivity index (χ1n) is 6.38. The molecule has 0 saturated carbocycles. The van der Waals surface area contributed by atoms with Gasteiger partial charge in [-0.1, -0.05) is 6.07 Å². The zero-order valence-corrected chi connectivity index (χ0v) is 12.4. The van der Waals surface area contributed by atoms with E-state index in [9.17, 15) is 4.79 Å². The summed E-state index contributed by atoms with van der Waals surface area (Å²) >= 11 is 0. The van der Waals surface area contributed by atoms with Crippen LogP contribution in [-0.4, -0.2) is 24.8 Å². The average Bonchev–Trinajstić information content (AvgIpc) is 2.28. The van der Waals surface area contributed by atoms with Gasteiger partial charge in [0.2, 0.25) is 0 Å². The number of benzene rings is 1. The number of nitrogen functional groups attached to an aromatic ring is 1. The summed E-state index contributed by atoms with van der Waals surface area (Å²) in [6.07, 6.45) is 0. The van der Waals surface area contributed by atoms with Gasteiger partial charge >= 0.3 is 5.97 Å². The monoisotopic (exact) mass is 265 g/mol. The third-order valence-electron chi connectivity index (χ3n) is 2.68. The minimum absolute atomic E-state index is 0.226. The number of hydrogen-bond donors (Lipinski definition) is 1. The summed E-state index contributed by atoms with van der Waals surface area (Å²) in [5.74, 6) is -0.360. The maximum Gasteiger partial charge on any atom is 0.338 e. The molecule has 4 nitrogen and oxygen atoms in total. The van der Waals surface area contributed by atoms with Gasteiger partial charge < -0.3 is 15.2 Å². The number of esters is 1. The number of nitrogens with two attached hydrogens (primary N) is 1. The van der Waals surface area contributed by atoms with E-state index in [1.54, 1.807) is 6.07 Å². The quantitative estimate of drug-likeness (QED) is 0.516. The fraction of sp³-hybridized carbons (Fsp3) is 0.533. The second kappa shape index (κ2) is 6.06. The van der Waals surface area contributed by atoms with Gasteiger partial charge in [0.15, 0.2) is 0 Å². The first-order valence-corrected chi connectivity index (χ1v) is 6.38. The Morgan fingerprint density at radius 1 is 1.16 bits per heavy atom. The Labute approximate surface area is 114 Å². The predicted molar refractivity (Wildman–Crippen MR) is 76.3 cm³/mol. The molecule has 0 atom stereocenters. The molecule has 0 amide bonds. The van der Waals surface area contributed by atoms with Crippen molar-refractivity contribution < 1.29 is 14.3 Å². The Bertz CT molecular complexity index is 461. The number of hydrogen-bond acceptors (Lipinski definition) is 4. The predicted octanol–water partition coefficient (Wildman–Crippen LogP) is 2.86. The van der Waals surface area contributed by atoms with Gasteiger partial charge in [0.1, 0.15) is 6.61 Å². The highest BCUT2D eigenvalue weighted by atomic mass is 16.6. The second-order valence-corrected chi connectivity index (χ2v) is 5.62. The Morgan fingerprint density at radius 2 is 1.79 bits per heavy atom.